The Balaban J connectivity index is 3.06. The van der Waals surface area contributed by atoms with Crippen LogP contribution in [0.5, 0.6) is 0 Å². The van der Waals surface area contributed by atoms with Gasteiger partial charge < -0.3 is 9.64 Å². The smallest absolute Gasteiger partial charge is 0.325 e. The van der Waals surface area contributed by atoms with Gasteiger partial charge in [0.1, 0.15) is 18.4 Å². The van der Waals surface area contributed by atoms with Crippen LogP contribution in [0.4, 0.5) is 5.82 Å². The van der Waals surface area contributed by atoms with E-state index in [4.69, 9.17) is 5.26 Å². The maximum atomic E-state index is 11.3. The van der Waals surface area contributed by atoms with Gasteiger partial charge in [0.2, 0.25) is 0 Å². The zero-order valence-corrected chi connectivity index (χ0v) is 10.2. The summed E-state index contributed by atoms with van der Waals surface area (Å²) in [6, 6.07) is 5.49. The van der Waals surface area contributed by atoms with Crippen LogP contribution in [0.3, 0.4) is 0 Å². The van der Waals surface area contributed by atoms with Gasteiger partial charge in [-0.1, -0.05) is 0 Å². The number of ether oxygens (including phenoxy) is 1. The van der Waals surface area contributed by atoms with Gasteiger partial charge in [-0.3, -0.25) is 4.79 Å². The highest BCUT2D eigenvalue weighted by Gasteiger charge is 2.19. The standard InChI is InChI=1S/C12H15N3O2/c1-9(2)15(8-11(16)17-3)12-10(7-13)5-4-6-14-12/h4-6,9H,8H2,1-3H3. The average Bonchev–Trinajstić information content (AvgIpc) is 2.35. The number of anilines is 1. The number of methoxy groups -OCH3 is 1. The summed E-state index contributed by atoms with van der Waals surface area (Å²) in [5.74, 6) is 0.156. The highest BCUT2D eigenvalue weighted by atomic mass is 16.5. The molecule has 0 aromatic carbocycles. The van der Waals surface area contributed by atoms with E-state index < -0.39 is 0 Å². The fraction of sp³-hybridized carbons (Fsp3) is 0.417. The Bertz CT molecular complexity index is 438. The van der Waals surface area contributed by atoms with Crippen molar-refractivity contribution in [2.45, 2.75) is 19.9 Å². The zero-order chi connectivity index (χ0) is 12.8. The SMILES string of the molecule is COC(=O)CN(c1ncccc1C#N)C(C)C. The van der Waals surface area contributed by atoms with Crippen molar-refractivity contribution in [2.75, 3.05) is 18.6 Å². The fourth-order valence-corrected chi connectivity index (χ4v) is 1.42. The molecule has 5 nitrogen and oxygen atoms in total. The number of pyridine rings is 1. The predicted molar refractivity (Wildman–Crippen MR) is 63.5 cm³/mol. The van der Waals surface area contributed by atoms with Crippen LogP contribution in [0.25, 0.3) is 0 Å². The number of esters is 1. The van der Waals surface area contributed by atoms with E-state index in [1.54, 1.807) is 23.2 Å². The molecule has 0 aliphatic heterocycles. The average molecular weight is 233 g/mol. The summed E-state index contributed by atoms with van der Waals surface area (Å²) in [6.07, 6.45) is 1.60. The van der Waals surface area contributed by atoms with Crippen LogP contribution in [-0.2, 0) is 9.53 Å². The first-order valence-electron chi connectivity index (χ1n) is 5.28. The van der Waals surface area contributed by atoms with E-state index in [2.05, 4.69) is 15.8 Å². The number of nitriles is 1. The molecule has 0 spiro atoms. The maximum Gasteiger partial charge on any atom is 0.325 e. The molecule has 0 N–H and O–H groups in total. The molecule has 17 heavy (non-hydrogen) atoms. The van der Waals surface area contributed by atoms with Crippen molar-refractivity contribution in [3.05, 3.63) is 23.9 Å². The molecule has 0 bridgehead atoms. The van der Waals surface area contributed by atoms with Gasteiger partial charge >= 0.3 is 5.97 Å². The third kappa shape index (κ3) is 3.18. The van der Waals surface area contributed by atoms with Gasteiger partial charge in [0.25, 0.3) is 0 Å². The van der Waals surface area contributed by atoms with E-state index in [0.717, 1.165) is 0 Å². The lowest BCUT2D eigenvalue weighted by atomic mass is 10.2. The number of carbonyl (C=O) groups excluding carboxylic acids is 1. The van der Waals surface area contributed by atoms with Gasteiger partial charge in [-0.2, -0.15) is 5.26 Å². The van der Waals surface area contributed by atoms with Crippen molar-refractivity contribution in [1.82, 2.24) is 4.98 Å². The Labute approximate surface area is 101 Å². The third-order valence-electron chi connectivity index (χ3n) is 2.33. The van der Waals surface area contributed by atoms with Crippen molar-refractivity contribution < 1.29 is 9.53 Å². The second-order valence-electron chi connectivity index (χ2n) is 3.78. The largest absolute Gasteiger partial charge is 0.468 e. The molecule has 0 atom stereocenters. The molecule has 1 aromatic heterocycles. The molecule has 0 fully saturated rings. The number of hydrogen-bond acceptors (Lipinski definition) is 5. The van der Waals surface area contributed by atoms with Gasteiger partial charge in [0.15, 0.2) is 0 Å². The van der Waals surface area contributed by atoms with Crippen LogP contribution in [0, 0.1) is 11.3 Å². The summed E-state index contributed by atoms with van der Waals surface area (Å²) >= 11 is 0. The van der Waals surface area contributed by atoms with Gasteiger partial charge in [0.05, 0.1) is 12.7 Å². The lowest BCUT2D eigenvalue weighted by molar-refractivity contribution is -0.139. The van der Waals surface area contributed by atoms with E-state index in [1.807, 2.05) is 13.8 Å². The summed E-state index contributed by atoms with van der Waals surface area (Å²) in [5.41, 5.74) is 0.449. The van der Waals surface area contributed by atoms with Crippen LogP contribution in [-0.4, -0.2) is 30.6 Å². The normalized spacial score (nSPS) is 9.82. The monoisotopic (exact) mass is 233 g/mol. The van der Waals surface area contributed by atoms with E-state index in [9.17, 15) is 4.79 Å². The lowest BCUT2D eigenvalue weighted by Gasteiger charge is -2.27. The predicted octanol–water partition coefficient (Wildman–Crippen LogP) is 1.34. The van der Waals surface area contributed by atoms with Gasteiger partial charge in [0, 0.05) is 12.2 Å². The molecule has 0 saturated carbocycles. The molecule has 0 amide bonds. The summed E-state index contributed by atoms with van der Waals surface area (Å²) in [6.45, 7) is 3.94. The number of rotatable bonds is 4. The molecular weight excluding hydrogens is 218 g/mol. The minimum atomic E-state index is -0.353. The minimum absolute atomic E-state index is 0.0519. The Kier molecular flexibility index (Phi) is 4.46. The zero-order valence-electron chi connectivity index (χ0n) is 10.2. The van der Waals surface area contributed by atoms with Crippen molar-refractivity contribution >= 4 is 11.8 Å². The molecule has 5 heteroatoms. The fourth-order valence-electron chi connectivity index (χ4n) is 1.42. The van der Waals surface area contributed by atoms with Crippen LogP contribution in [0.15, 0.2) is 18.3 Å². The van der Waals surface area contributed by atoms with Gasteiger partial charge in [-0.05, 0) is 26.0 Å². The van der Waals surface area contributed by atoms with Crippen molar-refractivity contribution in [1.29, 1.82) is 5.26 Å². The Morgan fingerprint density at radius 3 is 2.88 bits per heavy atom. The molecule has 0 unspecified atom stereocenters. The Morgan fingerprint density at radius 1 is 1.65 bits per heavy atom. The first-order valence-corrected chi connectivity index (χ1v) is 5.28. The van der Waals surface area contributed by atoms with E-state index in [0.29, 0.717) is 11.4 Å². The van der Waals surface area contributed by atoms with Crippen molar-refractivity contribution in [3.63, 3.8) is 0 Å². The van der Waals surface area contributed by atoms with Crippen LogP contribution < -0.4 is 4.90 Å². The molecule has 1 rings (SSSR count). The van der Waals surface area contributed by atoms with E-state index in [-0.39, 0.29) is 18.6 Å². The summed E-state index contributed by atoms with van der Waals surface area (Å²) in [4.78, 5) is 17.2. The van der Waals surface area contributed by atoms with Crippen LogP contribution >= 0.6 is 0 Å². The quantitative estimate of drug-likeness (QED) is 0.734. The molecule has 0 saturated heterocycles. The third-order valence-corrected chi connectivity index (χ3v) is 2.33. The number of carbonyl (C=O) groups is 1. The Morgan fingerprint density at radius 2 is 2.35 bits per heavy atom. The van der Waals surface area contributed by atoms with Gasteiger partial charge in [-0.15, -0.1) is 0 Å². The first-order chi connectivity index (χ1) is 8.10. The molecule has 0 aliphatic carbocycles. The molecule has 90 valence electrons. The summed E-state index contributed by atoms with van der Waals surface area (Å²) in [7, 11) is 1.34. The topological polar surface area (TPSA) is 66.2 Å². The van der Waals surface area contributed by atoms with E-state index >= 15 is 0 Å². The van der Waals surface area contributed by atoms with E-state index in [1.165, 1.54) is 7.11 Å². The van der Waals surface area contributed by atoms with Crippen LogP contribution in [0.1, 0.15) is 19.4 Å². The highest BCUT2D eigenvalue weighted by molar-refractivity contribution is 5.76. The lowest BCUT2D eigenvalue weighted by Crippen LogP contribution is -2.37. The first kappa shape index (κ1) is 13.0. The second kappa shape index (κ2) is 5.85. The van der Waals surface area contributed by atoms with Crippen molar-refractivity contribution in [2.24, 2.45) is 0 Å². The van der Waals surface area contributed by atoms with Crippen molar-refractivity contribution in [3.8, 4) is 6.07 Å². The summed E-state index contributed by atoms with van der Waals surface area (Å²) in [5, 5.41) is 9.01. The maximum absolute atomic E-state index is 11.3. The second-order valence-corrected chi connectivity index (χ2v) is 3.78. The molecule has 1 aromatic rings. The molecule has 0 aliphatic rings. The Hall–Kier alpha value is -2.09. The minimum Gasteiger partial charge on any atom is -0.468 e. The number of aromatic nitrogens is 1. The summed E-state index contributed by atoms with van der Waals surface area (Å²) < 4.78 is 4.63. The number of nitrogens with zero attached hydrogens (tertiary/aromatic N) is 3. The molecule has 1 heterocycles. The van der Waals surface area contributed by atoms with Crippen LogP contribution in [0.2, 0.25) is 0 Å². The van der Waals surface area contributed by atoms with Gasteiger partial charge in [-0.25, -0.2) is 4.98 Å². The molecule has 0 radical (unpaired) electrons. The molecular formula is C12H15N3O2. The highest BCUT2D eigenvalue weighted by Crippen LogP contribution is 2.18. The number of hydrogen-bond donors (Lipinski definition) is 0.